The van der Waals surface area contributed by atoms with Crippen LogP contribution in [0.2, 0.25) is 5.02 Å². The number of hydrogen-bond donors (Lipinski definition) is 2. The molecule has 0 aliphatic carbocycles. The summed E-state index contributed by atoms with van der Waals surface area (Å²) in [4.78, 5) is 12.4. The Balaban J connectivity index is 2.00. The van der Waals surface area contributed by atoms with Crippen LogP contribution in [0.25, 0.3) is 11.0 Å². The van der Waals surface area contributed by atoms with Crippen molar-refractivity contribution in [2.24, 2.45) is 0 Å². The lowest BCUT2D eigenvalue weighted by molar-refractivity contribution is 0.102. The molecule has 0 unspecified atom stereocenters. The molecule has 5 nitrogen and oxygen atoms in total. The van der Waals surface area contributed by atoms with Gasteiger partial charge in [-0.1, -0.05) is 11.6 Å². The molecule has 3 N–H and O–H groups in total. The highest BCUT2D eigenvalue weighted by atomic mass is 35.5. The standard InChI is InChI=1S/C14H11ClN4OS/c1-7-4-8(6-9(16)5-7)14(20)17-12-10(15)2-3-11-13(12)19-21-18-11/h2-6H,16H2,1H3,(H,17,20). The summed E-state index contributed by atoms with van der Waals surface area (Å²) in [6.07, 6.45) is 0. The average molecular weight is 319 g/mol. The summed E-state index contributed by atoms with van der Waals surface area (Å²) < 4.78 is 8.30. The van der Waals surface area contributed by atoms with Gasteiger partial charge in [0, 0.05) is 11.3 Å². The SMILES string of the molecule is Cc1cc(N)cc(C(=O)Nc2c(Cl)ccc3nsnc23)c1. The van der Waals surface area contributed by atoms with Gasteiger partial charge in [0.25, 0.3) is 5.91 Å². The topological polar surface area (TPSA) is 80.9 Å². The number of nitrogen functional groups attached to an aromatic ring is 1. The number of carbonyl (C=O) groups excluding carboxylic acids is 1. The average Bonchev–Trinajstić information content (AvgIpc) is 2.89. The molecule has 0 spiro atoms. The molecule has 0 aliphatic rings. The second-order valence-corrected chi connectivity index (χ2v) is 5.58. The number of carbonyl (C=O) groups is 1. The van der Waals surface area contributed by atoms with Crippen molar-refractivity contribution in [1.29, 1.82) is 0 Å². The molecule has 0 radical (unpaired) electrons. The molecule has 3 rings (SSSR count). The first kappa shape index (κ1) is 13.8. The lowest BCUT2D eigenvalue weighted by Crippen LogP contribution is -2.13. The fourth-order valence-corrected chi connectivity index (χ4v) is 2.82. The summed E-state index contributed by atoms with van der Waals surface area (Å²) in [5.74, 6) is -0.284. The number of anilines is 2. The first-order valence-corrected chi connectivity index (χ1v) is 7.25. The Morgan fingerprint density at radius 2 is 2.10 bits per heavy atom. The van der Waals surface area contributed by atoms with Gasteiger partial charge in [-0.2, -0.15) is 8.75 Å². The molecule has 106 valence electrons. The molecule has 0 saturated heterocycles. The van der Waals surface area contributed by atoms with E-state index < -0.39 is 0 Å². The van der Waals surface area contributed by atoms with Crippen molar-refractivity contribution in [3.8, 4) is 0 Å². The van der Waals surface area contributed by atoms with Crippen LogP contribution in [-0.4, -0.2) is 14.7 Å². The van der Waals surface area contributed by atoms with Gasteiger partial charge in [0.1, 0.15) is 11.0 Å². The maximum Gasteiger partial charge on any atom is 0.255 e. The predicted octanol–water partition coefficient (Wildman–Crippen LogP) is 3.49. The van der Waals surface area contributed by atoms with E-state index in [0.717, 1.165) is 17.3 Å². The van der Waals surface area contributed by atoms with Gasteiger partial charge >= 0.3 is 0 Å². The van der Waals surface area contributed by atoms with E-state index >= 15 is 0 Å². The zero-order chi connectivity index (χ0) is 15.0. The van der Waals surface area contributed by atoms with Crippen molar-refractivity contribution in [2.45, 2.75) is 6.92 Å². The monoisotopic (exact) mass is 318 g/mol. The summed E-state index contributed by atoms with van der Waals surface area (Å²) >= 11 is 7.23. The largest absolute Gasteiger partial charge is 0.399 e. The van der Waals surface area contributed by atoms with Crippen LogP contribution in [-0.2, 0) is 0 Å². The Bertz CT molecular complexity index is 826. The molecule has 2 aromatic carbocycles. The van der Waals surface area contributed by atoms with Gasteiger partial charge in [-0.25, -0.2) is 0 Å². The Kier molecular flexibility index (Phi) is 3.48. The molecule has 7 heteroatoms. The van der Waals surface area contributed by atoms with E-state index in [1.165, 1.54) is 0 Å². The third kappa shape index (κ3) is 2.68. The number of fused-ring (bicyclic) bond motifs is 1. The van der Waals surface area contributed by atoms with Gasteiger partial charge < -0.3 is 11.1 Å². The van der Waals surface area contributed by atoms with Gasteiger partial charge in [-0.05, 0) is 42.8 Å². The maximum atomic E-state index is 12.4. The van der Waals surface area contributed by atoms with E-state index in [4.69, 9.17) is 17.3 Å². The van der Waals surface area contributed by atoms with Crippen molar-refractivity contribution < 1.29 is 4.79 Å². The second-order valence-electron chi connectivity index (χ2n) is 4.64. The van der Waals surface area contributed by atoms with Crippen LogP contribution in [0.4, 0.5) is 11.4 Å². The molecule has 21 heavy (non-hydrogen) atoms. The highest BCUT2D eigenvalue weighted by Crippen LogP contribution is 2.30. The minimum absolute atomic E-state index is 0.284. The number of nitrogens with two attached hydrogens (primary N) is 1. The third-order valence-electron chi connectivity index (χ3n) is 2.98. The van der Waals surface area contributed by atoms with Gasteiger partial charge in [0.2, 0.25) is 0 Å². The first-order chi connectivity index (χ1) is 10.0. The fourth-order valence-electron chi connectivity index (χ4n) is 2.08. The fraction of sp³-hybridized carbons (Fsp3) is 0.0714. The van der Waals surface area contributed by atoms with Gasteiger partial charge in [-0.3, -0.25) is 4.79 Å². The number of halogens is 1. The highest BCUT2D eigenvalue weighted by Gasteiger charge is 2.14. The van der Waals surface area contributed by atoms with Crippen LogP contribution in [0, 0.1) is 6.92 Å². The van der Waals surface area contributed by atoms with Crippen molar-refractivity contribution in [2.75, 3.05) is 11.1 Å². The minimum Gasteiger partial charge on any atom is -0.399 e. The lowest BCUT2D eigenvalue weighted by atomic mass is 10.1. The molecule has 0 bridgehead atoms. The quantitative estimate of drug-likeness (QED) is 0.709. The first-order valence-electron chi connectivity index (χ1n) is 6.14. The summed E-state index contributed by atoms with van der Waals surface area (Å²) in [6, 6.07) is 8.64. The number of aryl methyl sites for hydroxylation is 1. The number of amides is 1. The number of hydrogen-bond acceptors (Lipinski definition) is 5. The molecular weight excluding hydrogens is 308 g/mol. The number of rotatable bonds is 2. The highest BCUT2D eigenvalue weighted by molar-refractivity contribution is 7.00. The Hall–Kier alpha value is -2.18. The summed E-state index contributed by atoms with van der Waals surface area (Å²) in [7, 11) is 0. The molecule has 0 aliphatic heterocycles. The van der Waals surface area contributed by atoms with E-state index in [-0.39, 0.29) is 5.91 Å². The zero-order valence-corrected chi connectivity index (χ0v) is 12.6. The van der Waals surface area contributed by atoms with Gasteiger partial charge in [-0.15, -0.1) is 0 Å². The number of aromatic nitrogens is 2. The Morgan fingerprint density at radius 3 is 2.86 bits per heavy atom. The molecule has 0 fully saturated rings. The van der Waals surface area contributed by atoms with Crippen LogP contribution in [0.5, 0.6) is 0 Å². The smallest absolute Gasteiger partial charge is 0.255 e. The molecule has 0 atom stereocenters. The summed E-state index contributed by atoms with van der Waals surface area (Å²) in [5, 5.41) is 3.21. The van der Waals surface area contributed by atoms with Crippen molar-refractivity contribution in [3.63, 3.8) is 0 Å². The normalized spacial score (nSPS) is 10.8. The number of nitrogens with zero attached hydrogens (tertiary/aromatic N) is 2. The number of nitrogens with one attached hydrogen (secondary N) is 1. The van der Waals surface area contributed by atoms with Crippen LogP contribution < -0.4 is 11.1 Å². The summed E-state index contributed by atoms with van der Waals surface area (Å²) in [5.41, 5.74) is 9.45. The van der Waals surface area contributed by atoms with Gasteiger partial charge in [0.05, 0.1) is 22.4 Å². The molecule has 0 saturated carbocycles. The van der Waals surface area contributed by atoms with E-state index in [2.05, 4.69) is 14.1 Å². The van der Waals surface area contributed by atoms with Crippen LogP contribution in [0.1, 0.15) is 15.9 Å². The molecule has 1 aromatic heterocycles. The number of benzene rings is 2. The van der Waals surface area contributed by atoms with Crippen molar-refractivity contribution >= 4 is 51.6 Å². The van der Waals surface area contributed by atoms with Crippen LogP contribution in [0.3, 0.4) is 0 Å². The zero-order valence-electron chi connectivity index (χ0n) is 11.1. The van der Waals surface area contributed by atoms with E-state index in [1.807, 2.05) is 6.92 Å². The Labute approximate surface area is 130 Å². The third-order valence-corrected chi connectivity index (χ3v) is 3.84. The van der Waals surface area contributed by atoms with E-state index in [9.17, 15) is 4.79 Å². The van der Waals surface area contributed by atoms with Crippen molar-refractivity contribution in [3.05, 3.63) is 46.5 Å². The predicted molar refractivity (Wildman–Crippen MR) is 86.0 cm³/mol. The van der Waals surface area contributed by atoms with Crippen LogP contribution >= 0.6 is 23.3 Å². The Morgan fingerprint density at radius 1 is 1.29 bits per heavy atom. The molecule has 1 heterocycles. The van der Waals surface area contributed by atoms with Crippen molar-refractivity contribution in [1.82, 2.24) is 8.75 Å². The van der Waals surface area contributed by atoms with Gasteiger partial charge in [0.15, 0.2) is 0 Å². The lowest BCUT2D eigenvalue weighted by Gasteiger charge is -2.09. The maximum absolute atomic E-state index is 12.4. The van der Waals surface area contributed by atoms with E-state index in [0.29, 0.717) is 33.0 Å². The summed E-state index contributed by atoms with van der Waals surface area (Å²) in [6.45, 7) is 1.88. The molecular formula is C14H11ClN4OS. The molecule has 1 amide bonds. The second kappa shape index (κ2) is 5.31. The van der Waals surface area contributed by atoms with E-state index in [1.54, 1.807) is 30.3 Å². The molecule has 3 aromatic rings. The van der Waals surface area contributed by atoms with Crippen LogP contribution in [0.15, 0.2) is 30.3 Å². The minimum atomic E-state index is -0.284.